The maximum Gasteiger partial charge on any atom is 0.0704 e. The summed E-state index contributed by atoms with van der Waals surface area (Å²) in [6, 6.07) is 0. The summed E-state index contributed by atoms with van der Waals surface area (Å²) in [6.45, 7) is 7.02. The van der Waals surface area contributed by atoms with E-state index in [2.05, 4.69) is 13.8 Å². The van der Waals surface area contributed by atoms with Crippen molar-refractivity contribution in [3.05, 3.63) is 0 Å². The van der Waals surface area contributed by atoms with Crippen molar-refractivity contribution in [2.45, 2.75) is 32.8 Å². The summed E-state index contributed by atoms with van der Waals surface area (Å²) in [5.41, 5.74) is 0. The van der Waals surface area contributed by atoms with Crippen LogP contribution in [0.1, 0.15) is 26.7 Å². The first-order valence-electron chi connectivity index (χ1n) is 5.69. The lowest BCUT2D eigenvalue weighted by Crippen LogP contribution is -2.14. The van der Waals surface area contributed by atoms with E-state index in [1.807, 2.05) is 0 Å². The predicted octanol–water partition coefficient (Wildman–Crippen LogP) is 1.22. The van der Waals surface area contributed by atoms with E-state index < -0.39 is 0 Å². The van der Waals surface area contributed by atoms with Crippen LogP contribution >= 0.6 is 0 Å². The monoisotopic (exact) mass is 220 g/mol. The zero-order valence-electron chi connectivity index (χ0n) is 9.91. The summed E-state index contributed by atoms with van der Waals surface area (Å²) >= 11 is 0. The highest BCUT2D eigenvalue weighted by atomic mass is 16.5. The fraction of sp³-hybridized carbons (Fsp3) is 1.00. The second-order valence-corrected chi connectivity index (χ2v) is 3.42. The Morgan fingerprint density at radius 1 is 1.00 bits per heavy atom. The molecule has 4 heteroatoms. The second kappa shape index (κ2) is 11.9. The SMILES string of the molecule is CCCC(C)OCCOCCOCCO. The Kier molecular flexibility index (Phi) is 11.8. The highest BCUT2D eigenvalue weighted by Crippen LogP contribution is 1.99. The van der Waals surface area contributed by atoms with Crippen molar-refractivity contribution in [2.24, 2.45) is 0 Å². The molecule has 92 valence electrons. The van der Waals surface area contributed by atoms with Crippen LogP contribution < -0.4 is 0 Å². The van der Waals surface area contributed by atoms with E-state index in [9.17, 15) is 0 Å². The Bertz CT molecular complexity index is 119. The van der Waals surface area contributed by atoms with Gasteiger partial charge in [-0.15, -0.1) is 0 Å². The average molecular weight is 220 g/mol. The van der Waals surface area contributed by atoms with Crippen LogP contribution in [0.15, 0.2) is 0 Å². The molecular weight excluding hydrogens is 196 g/mol. The van der Waals surface area contributed by atoms with Gasteiger partial charge in [0.25, 0.3) is 0 Å². The maximum atomic E-state index is 8.43. The molecule has 0 spiro atoms. The molecule has 0 fully saturated rings. The van der Waals surface area contributed by atoms with Gasteiger partial charge in [-0.1, -0.05) is 13.3 Å². The van der Waals surface area contributed by atoms with Crippen LogP contribution in [0.2, 0.25) is 0 Å². The molecule has 0 radical (unpaired) electrons. The molecule has 0 aromatic heterocycles. The van der Waals surface area contributed by atoms with E-state index in [0.29, 0.717) is 39.1 Å². The molecule has 1 unspecified atom stereocenters. The van der Waals surface area contributed by atoms with Crippen molar-refractivity contribution in [3.8, 4) is 0 Å². The molecular formula is C11H24O4. The van der Waals surface area contributed by atoms with E-state index in [0.717, 1.165) is 12.8 Å². The van der Waals surface area contributed by atoms with Gasteiger partial charge in [-0.2, -0.15) is 0 Å². The zero-order valence-corrected chi connectivity index (χ0v) is 9.91. The van der Waals surface area contributed by atoms with Gasteiger partial charge in [-0.05, 0) is 13.3 Å². The lowest BCUT2D eigenvalue weighted by molar-refractivity contribution is -0.0117. The van der Waals surface area contributed by atoms with Crippen LogP contribution in [-0.4, -0.2) is 50.9 Å². The van der Waals surface area contributed by atoms with Gasteiger partial charge >= 0.3 is 0 Å². The molecule has 1 atom stereocenters. The van der Waals surface area contributed by atoms with Gasteiger partial charge in [-0.25, -0.2) is 0 Å². The first-order valence-corrected chi connectivity index (χ1v) is 5.69. The van der Waals surface area contributed by atoms with Crippen molar-refractivity contribution in [2.75, 3.05) is 39.6 Å². The van der Waals surface area contributed by atoms with E-state index in [1.165, 1.54) is 0 Å². The molecule has 0 aromatic rings. The summed E-state index contributed by atoms with van der Waals surface area (Å²) < 4.78 is 15.8. The van der Waals surface area contributed by atoms with Gasteiger partial charge in [0.1, 0.15) is 0 Å². The Balaban J connectivity index is 2.98. The second-order valence-electron chi connectivity index (χ2n) is 3.42. The first kappa shape index (κ1) is 14.8. The Morgan fingerprint density at radius 3 is 2.20 bits per heavy atom. The minimum Gasteiger partial charge on any atom is -0.394 e. The lowest BCUT2D eigenvalue weighted by atomic mass is 10.2. The third-order valence-corrected chi connectivity index (χ3v) is 1.93. The lowest BCUT2D eigenvalue weighted by Gasteiger charge is -2.11. The zero-order chi connectivity index (χ0) is 11.4. The molecule has 0 aliphatic carbocycles. The molecule has 0 saturated carbocycles. The van der Waals surface area contributed by atoms with Gasteiger partial charge in [0.05, 0.1) is 45.7 Å². The Morgan fingerprint density at radius 2 is 1.60 bits per heavy atom. The van der Waals surface area contributed by atoms with Gasteiger partial charge in [0, 0.05) is 0 Å². The van der Waals surface area contributed by atoms with Crippen molar-refractivity contribution in [1.29, 1.82) is 0 Å². The molecule has 0 rings (SSSR count). The number of aliphatic hydroxyl groups excluding tert-OH is 1. The maximum absolute atomic E-state index is 8.43. The van der Waals surface area contributed by atoms with Crippen molar-refractivity contribution >= 4 is 0 Å². The van der Waals surface area contributed by atoms with E-state index >= 15 is 0 Å². The first-order chi connectivity index (χ1) is 7.31. The molecule has 4 nitrogen and oxygen atoms in total. The highest BCUT2D eigenvalue weighted by Gasteiger charge is 1.99. The van der Waals surface area contributed by atoms with E-state index in [-0.39, 0.29) is 6.61 Å². The Hall–Kier alpha value is -0.160. The van der Waals surface area contributed by atoms with Crippen molar-refractivity contribution in [3.63, 3.8) is 0 Å². The fourth-order valence-corrected chi connectivity index (χ4v) is 1.18. The molecule has 0 amide bonds. The molecule has 1 N–H and O–H groups in total. The minimum atomic E-state index is 0.0671. The van der Waals surface area contributed by atoms with E-state index in [1.54, 1.807) is 0 Å². The summed E-state index contributed by atoms with van der Waals surface area (Å²) in [6.07, 6.45) is 2.57. The number of hydrogen-bond donors (Lipinski definition) is 1. The van der Waals surface area contributed by atoms with Crippen LogP contribution in [0.25, 0.3) is 0 Å². The molecule has 0 aliphatic heterocycles. The van der Waals surface area contributed by atoms with Gasteiger partial charge in [0.15, 0.2) is 0 Å². The largest absolute Gasteiger partial charge is 0.394 e. The van der Waals surface area contributed by atoms with Gasteiger partial charge in [0.2, 0.25) is 0 Å². The fourth-order valence-electron chi connectivity index (χ4n) is 1.18. The summed E-state index contributed by atoms with van der Waals surface area (Å²) in [5, 5.41) is 8.43. The van der Waals surface area contributed by atoms with Crippen LogP contribution in [0.5, 0.6) is 0 Å². The van der Waals surface area contributed by atoms with Crippen LogP contribution in [0.4, 0.5) is 0 Å². The number of hydrogen-bond acceptors (Lipinski definition) is 4. The average Bonchev–Trinajstić information content (AvgIpc) is 2.22. The molecule has 0 aromatic carbocycles. The standard InChI is InChI=1S/C11H24O4/c1-3-4-11(2)15-10-9-14-8-7-13-6-5-12/h11-12H,3-10H2,1-2H3. The number of rotatable bonds is 11. The predicted molar refractivity (Wildman–Crippen MR) is 59.0 cm³/mol. The topological polar surface area (TPSA) is 47.9 Å². The molecule has 0 heterocycles. The quantitative estimate of drug-likeness (QED) is 0.532. The van der Waals surface area contributed by atoms with Gasteiger partial charge in [-0.3, -0.25) is 0 Å². The summed E-state index contributed by atoms with van der Waals surface area (Å²) in [7, 11) is 0. The molecule has 0 aliphatic rings. The third-order valence-electron chi connectivity index (χ3n) is 1.93. The van der Waals surface area contributed by atoms with Crippen LogP contribution in [-0.2, 0) is 14.2 Å². The van der Waals surface area contributed by atoms with Crippen LogP contribution in [0.3, 0.4) is 0 Å². The van der Waals surface area contributed by atoms with E-state index in [4.69, 9.17) is 19.3 Å². The summed E-state index contributed by atoms with van der Waals surface area (Å²) in [5.74, 6) is 0. The van der Waals surface area contributed by atoms with Gasteiger partial charge < -0.3 is 19.3 Å². The minimum absolute atomic E-state index is 0.0671. The molecule has 0 saturated heterocycles. The van der Waals surface area contributed by atoms with Crippen LogP contribution in [0, 0.1) is 0 Å². The summed E-state index contributed by atoms with van der Waals surface area (Å²) in [4.78, 5) is 0. The molecule has 0 bridgehead atoms. The Labute approximate surface area is 92.5 Å². The smallest absolute Gasteiger partial charge is 0.0704 e. The third kappa shape index (κ3) is 11.8. The highest BCUT2D eigenvalue weighted by molar-refractivity contribution is 4.47. The normalized spacial score (nSPS) is 13.0. The number of aliphatic hydroxyl groups is 1. The van der Waals surface area contributed by atoms with Crippen molar-refractivity contribution in [1.82, 2.24) is 0 Å². The molecule has 15 heavy (non-hydrogen) atoms. The van der Waals surface area contributed by atoms with Crippen molar-refractivity contribution < 1.29 is 19.3 Å². The number of ether oxygens (including phenoxy) is 3.